The first kappa shape index (κ1) is 30.2. The monoisotopic (exact) mass is 582 g/mol. The van der Waals surface area contributed by atoms with Crippen LogP contribution in [0.3, 0.4) is 0 Å². The van der Waals surface area contributed by atoms with E-state index in [4.69, 9.17) is 9.88 Å². The van der Waals surface area contributed by atoms with E-state index in [-0.39, 0.29) is 54.1 Å². The number of ketones is 1. The molecule has 0 bridgehead atoms. The van der Waals surface area contributed by atoms with E-state index >= 15 is 0 Å². The summed E-state index contributed by atoms with van der Waals surface area (Å²) in [4.78, 5) is 24.7. The van der Waals surface area contributed by atoms with Gasteiger partial charge in [-0.05, 0) is 48.6 Å². The van der Waals surface area contributed by atoms with Crippen molar-refractivity contribution in [2.75, 3.05) is 19.7 Å². The van der Waals surface area contributed by atoms with Crippen LogP contribution in [0.4, 0.5) is 26.3 Å². The summed E-state index contributed by atoms with van der Waals surface area (Å²) in [6.07, 6.45) is -10.4. The van der Waals surface area contributed by atoms with Gasteiger partial charge >= 0.3 is 18.4 Å². The quantitative estimate of drug-likeness (QED) is 0.242. The van der Waals surface area contributed by atoms with E-state index in [0.29, 0.717) is 16.9 Å². The summed E-state index contributed by atoms with van der Waals surface area (Å²) in [5.41, 5.74) is 0.491. The van der Waals surface area contributed by atoms with E-state index in [1.807, 2.05) is 0 Å². The molecule has 1 heterocycles. The fraction of sp³-hybridized carbons (Fsp3) is 0.417. The standard InChI is InChI=1S/C24H24F6N2O6S/c25-23(26,27)22(34)32(11-8-15-5-1-2-7-19(15)38-24(28,29)30)10-4-3-6-18(33)17-13-16-9-12-37-21(16)20(14-17)39(31,35)36/h1-2,5,7,13-14H,3-4,6,8-12H2,(H2,31,35,36). The lowest BCUT2D eigenvalue weighted by atomic mass is 10.0. The number of alkyl halides is 6. The third-order valence-electron chi connectivity index (χ3n) is 5.84. The molecule has 39 heavy (non-hydrogen) atoms. The number of fused-ring (bicyclic) bond motifs is 1. The topological polar surface area (TPSA) is 116 Å². The lowest BCUT2D eigenvalue weighted by Gasteiger charge is -2.24. The number of halogens is 6. The number of carbonyl (C=O) groups is 2. The summed E-state index contributed by atoms with van der Waals surface area (Å²) >= 11 is 0. The highest BCUT2D eigenvalue weighted by molar-refractivity contribution is 7.89. The molecule has 8 nitrogen and oxygen atoms in total. The van der Waals surface area contributed by atoms with Crippen LogP contribution in [-0.4, -0.2) is 57.2 Å². The number of rotatable bonds is 11. The third-order valence-corrected chi connectivity index (χ3v) is 6.76. The number of sulfonamides is 1. The van der Waals surface area contributed by atoms with E-state index in [1.165, 1.54) is 24.3 Å². The molecule has 0 aromatic heterocycles. The van der Waals surface area contributed by atoms with Crippen molar-refractivity contribution < 1.29 is 53.8 Å². The van der Waals surface area contributed by atoms with Crippen LogP contribution in [0.5, 0.6) is 11.5 Å². The molecule has 0 spiro atoms. The van der Waals surface area contributed by atoms with Crippen LogP contribution in [-0.2, 0) is 27.7 Å². The van der Waals surface area contributed by atoms with Crippen molar-refractivity contribution in [3.05, 3.63) is 53.1 Å². The molecule has 214 valence electrons. The summed E-state index contributed by atoms with van der Waals surface area (Å²) in [5, 5.41) is 5.22. The zero-order chi connectivity index (χ0) is 29.0. The fourth-order valence-corrected chi connectivity index (χ4v) is 4.80. The molecule has 2 N–H and O–H groups in total. The minimum absolute atomic E-state index is 0.0373. The van der Waals surface area contributed by atoms with Gasteiger partial charge in [0.25, 0.3) is 0 Å². The van der Waals surface area contributed by atoms with Crippen LogP contribution in [0.2, 0.25) is 0 Å². The molecule has 3 rings (SSSR count). The Kier molecular flexibility index (Phi) is 9.16. The Balaban J connectivity index is 1.64. The number of carbonyl (C=O) groups excluding carboxylic acids is 2. The number of amides is 1. The number of Topliss-reactive ketones (excluding diaryl/α,β-unsaturated/α-hetero) is 1. The Labute approximate surface area is 219 Å². The molecule has 2 aromatic rings. The van der Waals surface area contributed by atoms with E-state index in [9.17, 15) is 44.3 Å². The van der Waals surface area contributed by atoms with Gasteiger partial charge in [0.1, 0.15) is 16.4 Å². The van der Waals surface area contributed by atoms with E-state index in [1.54, 1.807) is 0 Å². The molecule has 1 aliphatic rings. The highest BCUT2D eigenvalue weighted by atomic mass is 32.2. The zero-order valence-electron chi connectivity index (χ0n) is 20.3. The Bertz CT molecular complexity index is 1330. The highest BCUT2D eigenvalue weighted by Crippen LogP contribution is 2.34. The summed E-state index contributed by atoms with van der Waals surface area (Å²) in [5.74, 6) is -3.16. The van der Waals surface area contributed by atoms with Gasteiger partial charge in [-0.15, -0.1) is 13.2 Å². The second-order valence-electron chi connectivity index (χ2n) is 8.68. The number of unbranched alkanes of at least 4 members (excludes halogenated alkanes) is 1. The molecule has 0 aliphatic carbocycles. The molecule has 0 atom stereocenters. The average Bonchev–Trinajstić information content (AvgIpc) is 3.29. The number of para-hydroxylation sites is 1. The molecule has 0 fully saturated rings. The van der Waals surface area contributed by atoms with E-state index < -0.39 is 53.1 Å². The number of nitrogens with zero attached hydrogens (tertiary/aromatic N) is 1. The Morgan fingerprint density at radius 1 is 1.03 bits per heavy atom. The number of primary sulfonamides is 1. The largest absolute Gasteiger partial charge is 0.573 e. The van der Waals surface area contributed by atoms with Gasteiger partial charge in [0.2, 0.25) is 10.0 Å². The van der Waals surface area contributed by atoms with Crippen LogP contribution in [0.1, 0.15) is 40.7 Å². The van der Waals surface area contributed by atoms with Gasteiger partial charge in [0.05, 0.1) is 6.61 Å². The normalized spacial score (nSPS) is 13.5. The maximum Gasteiger partial charge on any atom is 0.573 e. The van der Waals surface area contributed by atoms with Crippen molar-refractivity contribution in [3.63, 3.8) is 0 Å². The molecule has 0 radical (unpaired) electrons. The minimum atomic E-state index is -5.21. The molecule has 15 heteroatoms. The summed E-state index contributed by atoms with van der Waals surface area (Å²) in [6, 6.07) is 7.46. The first-order valence-electron chi connectivity index (χ1n) is 11.6. The SMILES string of the molecule is NS(=O)(=O)c1cc(C(=O)CCCCN(CCc2ccccc2OC(F)(F)F)C(=O)C(F)(F)F)cc2c1OCC2. The fourth-order valence-electron chi connectivity index (χ4n) is 4.06. The van der Waals surface area contributed by atoms with Gasteiger partial charge in [-0.2, -0.15) is 13.2 Å². The molecule has 1 amide bonds. The molecular weight excluding hydrogens is 558 g/mol. The number of ether oxygens (including phenoxy) is 2. The van der Waals surface area contributed by atoms with Crippen LogP contribution in [0.15, 0.2) is 41.3 Å². The second kappa shape index (κ2) is 11.8. The van der Waals surface area contributed by atoms with Crippen LogP contribution in [0, 0.1) is 0 Å². The van der Waals surface area contributed by atoms with Crippen molar-refractivity contribution in [2.45, 2.75) is 49.5 Å². The summed E-state index contributed by atoms with van der Waals surface area (Å²) in [6.45, 7) is -0.757. The van der Waals surface area contributed by atoms with E-state index in [0.717, 1.165) is 12.1 Å². The van der Waals surface area contributed by atoms with Gasteiger partial charge in [0, 0.05) is 31.5 Å². The summed E-state index contributed by atoms with van der Waals surface area (Å²) in [7, 11) is -4.19. The van der Waals surface area contributed by atoms with Gasteiger partial charge < -0.3 is 14.4 Å². The van der Waals surface area contributed by atoms with E-state index in [2.05, 4.69) is 4.74 Å². The Morgan fingerprint density at radius 2 is 1.72 bits per heavy atom. The summed E-state index contributed by atoms with van der Waals surface area (Å²) < 4.78 is 110. The van der Waals surface area contributed by atoms with Crippen molar-refractivity contribution >= 4 is 21.7 Å². The third kappa shape index (κ3) is 8.33. The van der Waals surface area contributed by atoms with Gasteiger partial charge in [0.15, 0.2) is 5.78 Å². The lowest BCUT2D eigenvalue weighted by molar-refractivity contribution is -0.274. The smallest absolute Gasteiger partial charge is 0.492 e. The van der Waals surface area contributed by atoms with Gasteiger partial charge in [-0.1, -0.05) is 18.2 Å². The number of hydrogen-bond acceptors (Lipinski definition) is 6. The van der Waals surface area contributed by atoms with Crippen molar-refractivity contribution in [1.29, 1.82) is 0 Å². The molecule has 1 aliphatic heterocycles. The number of hydrogen-bond donors (Lipinski definition) is 1. The molecule has 0 saturated heterocycles. The maximum absolute atomic E-state index is 13.1. The molecule has 2 aromatic carbocycles. The Hall–Kier alpha value is -3.33. The number of nitrogens with two attached hydrogens (primary N) is 1. The Morgan fingerprint density at radius 3 is 2.36 bits per heavy atom. The highest BCUT2D eigenvalue weighted by Gasteiger charge is 2.42. The van der Waals surface area contributed by atoms with Crippen molar-refractivity contribution in [1.82, 2.24) is 4.90 Å². The first-order valence-corrected chi connectivity index (χ1v) is 13.2. The predicted molar refractivity (Wildman–Crippen MR) is 125 cm³/mol. The first-order chi connectivity index (χ1) is 18.1. The van der Waals surface area contributed by atoms with Crippen molar-refractivity contribution in [2.24, 2.45) is 5.14 Å². The molecule has 0 unspecified atom stereocenters. The molecular formula is C24H24F6N2O6S. The lowest BCUT2D eigenvalue weighted by Crippen LogP contribution is -2.42. The van der Waals surface area contributed by atoms with Crippen LogP contribution in [0.25, 0.3) is 0 Å². The van der Waals surface area contributed by atoms with Crippen molar-refractivity contribution in [3.8, 4) is 11.5 Å². The van der Waals surface area contributed by atoms with Gasteiger partial charge in [-0.3, -0.25) is 9.59 Å². The van der Waals surface area contributed by atoms with Crippen LogP contribution >= 0.6 is 0 Å². The van der Waals surface area contributed by atoms with Gasteiger partial charge in [-0.25, -0.2) is 13.6 Å². The average molecular weight is 583 g/mol. The minimum Gasteiger partial charge on any atom is -0.492 e. The van der Waals surface area contributed by atoms with Crippen LogP contribution < -0.4 is 14.6 Å². The number of benzene rings is 2. The zero-order valence-corrected chi connectivity index (χ0v) is 21.1. The molecule has 0 saturated carbocycles. The predicted octanol–water partition coefficient (Wildman–Crippen LogP) is 4.15. The second-order valence-corrected chi connectivity index (χ2v) is 10.2. The maximum atomic E-state index is 13.1.